The first-order chi connectivity index (χ1) is 8.20. The predicted octanol–water partition coefficient (Wildman–Crippen LogP) is 2.08. The van der Waals surface area contributed by atoms with E-state index in [4.69, 9.17) is 11.6 Å². The van der Waals surface area contributed by atoms with Crippen LogP contribution >= 0.6 is 11.6 Å². The van der Waals surface area contributed by atoms with Gasteiger partial charge in [0.05, 0.1) is 0 Å². The number of benzene rings is 1. The Balaban J connectivity index is 2.20. The molecule has 0 aromatic heterocycles. The summed E-state index contributed by atoms with van der Waals surface area (Å²) in [6, 6.07) is 5.50. The largest absolute Gasteiger partial charge is 0.337 e. The summed E-state index contributed by atoms with van der Waals surface area (Å²) in [4.78, 5) is 14.3. The first-order valence-electron chi connectivity index (χ1n) is 5.95. The molecule has 1 aliphatic heterocycles. The first kappa shape index (κ1) is 12.4. The minimum Gasteiger partial charge on any atom is -0.337 e. The average molecular weight is 253 g/mol. The van der Waals surface area contributed by atoms with Crippen molar-refractivity contribution < 1.29 is 4.79 Å². The molecular weight excluding hydrogens is 236 g/mol. The van der Waals surface area contributed by atoms with Gasteiger partial charge in [-0.05, 0) is 37.6 Å². The number of carbonyl (C=O) groups excluding carboxylic acids is 1. The van der Waals surface area contributed by atoms with E-state index < -0.39 is 0 Å². The Morgan fingerprint density at radius 2 is 2.18 bits per heavy atom. The molecule has 92 valence electrons. The van der Waals surface area contributed by atoms with Gasteiger partial charge in [0.25, 0.3) is 5.91 Å². The highest BCUT2D eigenvalue weighted by atomic mass is 35.5. The quantitative estimate of drug-likeness (QED) is 0.830. The van der Waals surface area contributed by atoms with Crippen molar-refractivity contribution in [3.05, 3.63) is 34.3 Å². The summed E-state index contributed by atoms with van der Waals surface area (Å²) in [5, 5.41) is 3.95. The fourth-order valence-electron chi connectivity index (χ4n) is 2.06. The van der Waals surface area contributed by atoms with Gasteiger partial charge in [0, 0.05) is 30.2 Å². The summed E-state index contributed by atoms with van der Waals surface area (Å²) in [6.45, 7) is 5.33. The van der Waals surface area contributed by atoms with Crippen LogP contribution in [0, 0.1) is 6.92 Å². The molecule has 0 aliphatic carbocycles. The third-order valence-electron chi connectivity index (χ3n) is 3.13. The standard InChI is InChI=1S/C13H17ClN2O/c1-10-11(4-2-5-12(10)14)13(17)16-8-3-6-15-7-9-16/h2,4-5,15H,3,6-9H2,1H3. The van der Waals surface area contributed by atoms with Crippen LogP contribution in [-0.2, 0) is 0 Å². The summed E-state index contributed by atoms with van der Waals surface area (Å²) in [7, 11) is 0. The Bertz CT molecular complexity index is 412. The summed E-state index contributed by atoms with van der Waals surface area (Å²) in [5.41, 5.74) is 1.59. The van der Waals surface area contributed by atoms with Crippen molar-refractivity contribution in [1.29, 1.82) is 0 Å². The van der Waals surface area contributed by atoms with E-state index in [1.54, 1.807) is 0 Å². The summed E-state index contributed by atoms with van der Waals surface area (Å²) in [6.07, 6.45) is 1.01. The molecule has 0 unspecified atom stereocenters. The lowest BCUT2D eigenvalue weighted by Gasteiger charge is -2.21. The molecular formula is C13H17ClN2O. The average Bonchev–Trinajstić information content (AvgIpc) is 2.60. The molecule has 0 spiro atoms. The second kappa shape index (κ2) is 5.52. The highest BCUT2D eigenvalue weighted by Crippen LogP contribution is 2.20. The van der Waals surface area contributed by atoms with Gasteiger partial charge in [-0.1, -0.05) is 17.7 Å². The summed E-state index contributed by atoms with van der Waals surface area (Å²) >= 11 is 6.05. The zero-order valence-electron chi connectivity index (χ0n) is 10.0. The Hall–Kier alpha value is -1.06. The van der Waals surface area contributed by atoms with Crippen LogP contribution in [0.1, 0.15) is 22.3 Å². The number of rotatable bonds is 1. The van der Waals surface area contributed by atoms with Crippen LogP contribution in [0.25, 0.3) is 0 Å². The highest BCUT2D eigenvalue weighted by Gasteiger charge is 2.19. The van der Waals surface area contributed by atoms with E-state index in [-0.39, 0.29) is 5.91 Å². The van der Waals surface area contributed by atoms with E-state index in [0.29, 0.717) is 5.02 Å². The molecule has 2 rings (SSSR count). The number of hydrogen-bond donors (Lipinski definition) is 1. The molecule has 1 N–H and O–H groups in total. The van der Waals surface area contributed by atoms with E-state index in [2.05, 4.69) is 5.32 Å². The summed E-state index contributed by atoms with van der Waals surface area (Å²) in [5.74, 6) is 0.0914. The fourth-order valence-corrected chi connectivity index (χ4v) is 2.23. The van der Waals surface area contributed by atoms with Gasteiger partial charge in [0.15, 0.2) is 0 Å². The number of carbonyl (C=O) groups is 1. The third kappa shape index (κ3) is 2.79. The molecule has 1 aliphatic rings. The lowest BCUT2D eigenvalue weighted by atomic mass is 10.1. The molecule has 0 atom stereocenters. The number of amides is 1. The van der Waals surface area contributed by atoms with Crippen LogP contribution in [0.5, 0.6) is 0 Å². The second-order valence-electron chi connectivity index (χ2n) is 4.31. The maximum absolute atomic E-state index is 12.4. The Morgan fingerprint density at radius 3 is 3.00 bits per heavy atom. The Morgan fingerprint density at radius 1 is 1.35 bits per heavy atom. The normalized spacial score (nSPS) is 16.7. The lowest BCUT2D eigenvalue weighted by Crippen LogP contribution is -2.34. The van der Waals surface area contributed by atoms with E-state index in [9.17, 15) is 4.79 Å². The molecule has 1 aromatic carbocycles. The van der Waals surface area contributed by atoms with Crippen molar-refractivity contribution in [2.45, 2.75) is 13.3 Å². The van der Waals surface area contributed by atoms with Crippen molar-refractivity contribution in [3.63, 3.8) is 0 Å². The monoisotopic (exact) mass is 252 g/mol. The van der Waals surface area contributed by atoms with Crippen LogP contribution in [0.2, 0.25) is 5.02 Å². The van der Waals surface area contributed by atoms with Crippen molar-refractivity contribution >= 4 is 17.5 Å². The summed E-state index contributed by atoms with van der Waals surface area (Å²) < 4.78 is 0. The first-order valence-corrected chi connectivity index (χ1v) is 6.33. The van der Waals surface area contributed by atoms with Crippen LogP contribution in [0.3, 0.4) is 0 Å². The van der Waals surface area contributed by atoms with Crippen LogP contribution in [0.15, 0.2) is 18.2 Å². The van der Waals surface area contributed by atoms with Crippen molar-refractivity contribution in [2.75, 3.05) is 26.2 Å². The van der Waals surface area contributed by atoms with Crippen LogP contribution in [0.4, 0.5) is 0 Å². The molecule has 0 saturated carbocycles. The van der Waals surface area contributed by atoms with Gasteiger partial charge < -0.3 is 10.2 Å². The van der Waals surface area contributed by atoms with Crippen molar-refractivity contribution in [3.8, 4) is 0 Å². The van der Waals surface area contributed by atoms with Crippen molar-refractivity contribution in [1.82, 2.24) is 10.2 Å². The smallest absolute Gasteiger partial charge is 0.254 e. The molecule has 17 heavy (non-hydrogen) atoms. The zero-order chi connectivity index (χ0) is 12.3. The molecule has 1 saturated heterocycles. The number of nitrogens with zero attached hydrogens (tertiary/aromatic N) is 1. The molecule has 1 amide bonds. The number of nitrogens with one attached hydrogen (secondary N) is 1. The van der Waals surface area contributed by atoms with E-state index >= 15 is 0 Å². The minimum atomic E-state index is 0.0914. The Kier molecular flexibility index (Phi) is 4.02. The zero-order valence-corrected chi connectivity index (χ0v) is 10.8. The third-order valence-corrected chi connectivity index (χ3v) is 3.53. The maximum Gasteiger partial charge on any atom is 0.254 e. The Labute approximate surface area is 107 Å². The number of halogens is 1. The van der Waals surface area contributed by atoms with Gasteiger partial charge in [-0.2, -0.15) is 0 Å². The number of hydrogen-bond acceptors (Lipinski definition) is 2. The minimum absolute atomic E-state index is 0.0914. The van der Waals surface area contributed by atoms with E-state index in [1.165, 1.54) is 0 Å². The van der Waals surface area contributed by atoms with Gasteiger partial charge in [0.1, 0.15) is 0 Å². The van der Waals surface area contributed by atoms with Crippen molar-refractivity contribution in [2.24, 2.45) is 0 Å². The molecule has 1 fully saturated rings. The fraction of sp³-hybridized carbons (Fsp3) is 0.462. The van der Waals surface area contributed by atoms with E-state index in [1.807, 2.05) is 30.0 Å². The SMILES string of the molecule is Cc1c(Cl)cccc1C(=O)N1CCCNCC1. The van der Waals surface area contributed by atoms with Gasteiger partial charge >= 0.3 is 0 Å². The molecule has 4 heteroatoms. The van der Waals surface area contributed by atoms with Gasteiger partial charge in [-0.25, -0.2) is 0 Å². The topological polar surface area (TPSA) is 32.3 Å². The molecule has 0 radical (unpaired) electrons. The van der Waals surface area contributed by atoms with Gasteiger partial charge in [0.2, 0.25) is 0 Å². The maximum atomic E-state index is 12.4. The highest BCUT2D eigenvalue weighted by molar-refractivity contribution is 6.31. The van der Waals surface area contributed by atoms with Gasteiger partial charge in [-0.3, -0.25) is 4.79 Å². The van der Waals surface area contributed by atoms with Gasteiger partial charge in [-0.15, -0.1) is 0 Å². The van der Waals surface area contributed by atoms with Crippen LogP contribution < -0.4 is 5.32 Å². The predicted molar refractivity (Wildman–Crippen MR) is 69.6 cm³/mol. The lowest BCUT2D eigenvalue weighted by molar-refractivity contribution is 0.0765. The molecule has 3 nitrogen and oxygen atoms in total. The molecule has 1 heterocycles. The van der Waals surface area contributed by atoms with E-state index in [0.717, 1.165) is 43.7 Å². The second-order valence-corrected chi connectivity index (χ2v) is 4.72. The van der Waals surface area contributed by atoms with Crippen LogP contribution in [-0.4, -0.2) is 37.0 Å². The molecule has 0 bridgehead atoms. The molecule has 1 aromatic rings.